The van der Waals surface area contributed by atoms with Gasteiger partial charge in [0.05, 0.1) is 6.61 Å². The molecule has 0 amide bonds. The molecule has 21 heavy (non-hydrogen) atoms. The van der Waals surface area contributed by atoms with Crippen LogP contribution in [0.25, 0.3) is 0 Å². The van der Waals surface area contributed by atoms with Crippen molar-refractivity contribution >= 4 is 11.8 Å². The van der Waals surface area contributed by atoms with E-state index >= 15 is 0 Å². The third kappa shape index (κ3) is 7.23. The Morgan fingerprint density at radius 1 is 1.14 bits per heavy atom. The Morgan fingerprint density at radius 3 is 2.29 bits per heavy atom. The average molecular weight is 310 g/mol. The zero-order valence-electron chi connectivity index (χ0n) is 14.5. The molecule has 0 atom stereocenters. The van der Waals surface area contributed by atoms with Crippen LogP contribution < -0.4 is 10.1 Å². The first kappa shape index (κ1) is 18.4. The van der Waals surface area contributed by atoms with Gasteiger partial charge in [-0.05, 0) is 69.2 Å². The van der Waals surface area contributed by atoms with E-state index in [0.29, 0.717) is 0 Å². The van der Waals surface area contributed by atoms with Gasteiger partial charge in [-0.15, -0.1) is 0 Å². The Bertz CT molecular complexity index is 414. The number of thioether (sulfide) groups is 1. The van der Waals surface area contributed by atoms with Crippen LogP contribution in [-0.4, -0.2) is 23.7 Å². The Balaban J connectivity index is 2.58. The molecule has 0 aliphatic rings. The molecular weight excluding hydrogens is 278 g/mol. The highest BCUT2D eigenvalue weighted by Gasteiger charge is 2.11. The van der Waals surface area contributed by atoms with Crippen LogP contribution in [0.4, 0.5) is 0 Å². The first-order valence-corrected chi connectivity index (χ1v) is 9.04. The van der Waals surface area contributed by atoms with Crippen LogP contribution >= 0.6 is 11.8 Å². The van der Waals surface area contributed by atoms with Crippen LogP contribution in [0.3, 0.4) is 0 Å². The summed E-state index contributed by atoms with van der Waals surface area (Å²) in [5, 5.41) is 3.53. The molecule has 0 heterocycles. The lowest BCUT2D eigenvalue weighted by atomic mass is 10.0. The van der Waals surface area contributed by atoms with Gasteiger partial charge in [0, 0.05) is 12.1 Å². The second kappa shape index (κ2) is 8.70. The number of benzene rings is 1. The van der Waals surface area contributed by atoms with Crippen molar-refractivity contribution in [2.45, 2.75) is 60.0 Å². The molecule has 0 spiro atoms. The van der Waals surface area contributed by atoms with E-state index in [9.17, 15) is 0 Å². The number of hydrogen-bond acceptors (Lipinski definition) is 3. The number of hydrogen-bond donors (Lipinski definition) is 1. The van der Waals surface area contributed by atoms with Crippen molar-refractivity contribution in [3.05, 3.63) is 28.8 Å². The molecule has 0 aliphatic carbocycles. The van der Waals surface area contributed by atoms with Crippen LogP contribution in [0, 0.1) is 13.8 Å². The molecule has 1 rings (SSSR count). The quantitative estimate of drug-likeness (QED) is 0.702. The summed E-state index contributed by atoms with van der Waals surface area (Å²) < 4.78 is 5.98. The third-order valence-electron chi connectivity index (χ3n) is 3.23. The summed E-state index contributed by atoms with van der Waals surface area (Å²) in [6, 6.07) is 4.48. The van der Waals surface area contributed by atoms with Gasteiger partial charge < -0.3 is 10.1 Å². The molecule has 1 N–H and O–H groups in total. The summed E-state index contributed by atoms with van der Waals surface area (Å²) in [6.45, 7) is 14.8. The van der Waals surface area contributed by atoms with Crippen molar-refractivity contribution in [1.29, 1.82) is 0 Å². The molecule has 0 aromatic heterocycles. The minimum atomic E-state index is 0.147. The molecule has 0 saturated carbocycles. The lowest BCUT2D eigenvalue weighted by Gasteiger charge is -2.21. The molecule has 0 unspecified atom stereocenters. The third-order valence-corrected chi connectivity index (χ3v) is 4.21. The summed E-state index contributed by atoms with van der Waals surface area (Å²) in [5.41, 5.74) is 3.95. The van der Waals surface area contributed by atoms with Crippen LogP contribution in [0.1, 0.15) is 50.8 Å². The number of rotatable bonds is 8. The van der Waals surface area contributed by atoms with E-state index in [1.54, 1.807) is 0 Å². The monoisotopic (exact) mass is 309 g/mol. The maximum absolute atomic E-state index is 5.98. The fraction of sp³-hybridized carbons (Fsp3) is 0.667. The van der Waals surface area contributed by atoms with Gasteiger partial charge in [-0.3, -0.25) is 0 Å². The van der Waals surface area contributed by atoms with E-state index in [4.69, 9.17) is 4.74 Å². The predicted octanol–water partition coefficient (Wildman–Crippen LogP) is 4.71. The van der Waals surface area contributed by atoms with Gasteiger partial charge in [-0.2, -0.15) is 11.8 Å². The first-order chi connectivity index (χ1) is 9.83. The lowest BCUT2D eigenvalue weighted by molar-refractivity contribution is 0.314. The molecule has 0 bridgehead atoms. The van der Waals surface area contributed by atoms with Crippen molar-refractivity contribution in [2.24, 2.45) is 0 Å². The van der Waals surface area contributed by atoms with Crippen LogP contribution in [0.2, 0.25) is 0 Å². The summed E-state index contributed by atoms with van der Waals surface area (Å²) in [6.07, 6.45) is 1.12. The van der Waals surface area contributed by atoms with E-state index in [1.807, 2.05) is 11.8 Å². The Hall–Kier alpha value is -0.670. The van der Waals surface area contributed by atoms with Gasteiger partial charge in [0.15, 0.2) is 0 Å². The van der Waals surface area contributed by atoms with Crippen LogP contribution in [0.5, 0.6) is 5.75 Å². The van der Waals surface area contributed by atoms with E-state index in [-0.39, 0.29) is 5.54 Å². The summed E-state index contributed by atoms with van der Waals surface area (Å²) in [5.74, 6) is 3.44. The topological polar surface area (TPSA) is 21.3 Å². The fourth-order valence-corrected chi connectivity index (χ4v) is 2.83. The van der Waals surface area contributed by atoms with Crippen molar-refractivity contribution in [2.75, 3.05) is 18.1 Å². The highest BCUT2D eigenvalue weighted by Crippen LogP contribution is 2.25. The zero-order valence-corrected chi connectivity index (χ0v) is 15.3. The van der Waals surface area contributed by atoms with Gasteiger partial charge in [0.25, 0.3) is 0 Å². The first-order valence-electron chi connectivity index (χ1n) is 7.89. The number of nitrogens with one attached hydrogen (secondary N) is 1. The Labute approximate surface area is 135 Å². The van der Waals surface area contributed by atoms with Crippen LogP contribution in [0.15, 0.2) is 12.1 Å². The minimum Gasteiger partial charge on any atom is -0.493 e. The second-order valence-electron chi connectivity index (χ2n) is 6.56. The van der Waals surface area contributed by atoms with E-state index in [0.717, 1.165) is 25.3 Å². The van der Waals surface area contributed by atoms with E-state index < -0.39 is 0 Å². The maximum atomic E-state index is 5.98. The smallest absolute Gasteiger partial charge is 0.125 e. The Kier molecular flexibility index (Phi) is 7.61. The van der Waals surface area contributed by atoms with Gasteiger partial charge in [-0.25, -0.2) is 0 Å². The Morgan fingerprint density at radius 2 is 1.76 bits per heavy atom. The number of aryl methyl sites for hydroxylation is 2. The lowest BCUT2D eigenvalue weighted by Crippen LogP contribution is -2.35. The normalized spacial score (nSPS) is 11.7. The van der Waals surface area contributed by atoms with Crippen molar-refractivity contribution in [1.82, 2.24) is 5.32 Å². The molecule has 0 radical (unpaired) electrons. The zero-order chi connectivity index (χ0) is 15.9. The average Bonchev–Trinajstić information content (AvgIpc) is 2.38. The molecule has 1 aromatic carbocycles. The van der Waals surface area contributed by atoms with Crippen molar-refractivity contribution in [3.8, 4) is 5.75 Å². The highest BCUT2D eigenvalue weighted by molar-refractivity contribution is 7.99. The standard InChI is InChI=1S/C18H31NOS/c1-7-21-10-8-9-20-17-14(2)11-16(12-15(17)3)13-19-18(4,5)6/h11-12,19H,7-10,13H2,1-6H3. The SMILES string of the molecule is CCSCCCOc1c(C)cc(CNC(C)(C)C)cc1C. The molecule has 0 aliphatic heterocycles. The van der Waals surface area contributed by atoms with Crippen molar-refractivity contribution < 1.29 is 4.74 Å². The van der Waals surface area contributed by atoms with E-state index in [1.165, 1.54) is 28.2 Å². The van der Waals surface area contributed by atoms with Gasteiger partial charge in [-0.1, -0.05) is 19.1 Å². The molecule has 2 nitrogen and oxygen atoms in total. The van der Waals surface area contributed by atoms with Gasteiger partial charge >= 0.3 is 0 Å². The van der Waals surface area contributed by atoms with Gasteiger partial charge in [0.1, 0.15) is 5.75 Å². The molecule has 120 valence electrons. The minimum absolute atomic E-state index is 0.147. The molecule has 1 aromatic rings. The second-order valence-corrected chi connectivity index (χ2v) is 7.96. The number of ether oxygens (including phenoxy) is 1. The van der Waals surface area contributed by atoms with E-state index in [2.05, 4.69) is 59.0 Å². The largest absolute Gasteiger partial charge is 0.493 e. The molecular formula is C18H31NOS. The summed E-state index contributed by atoms with van der Waals surface area (Å²) in [7, 11) is 0. The van der Waals surface area contributed by atoms with Crippen LogP contribution in [-0.2, 0) is 6.54 Å². The highest BCUT2D eigenvalue weighted by atomic mass is 32.2. The summed E-state index contributed by atoms with van der Waals surface area (Å²) >= 11 is 1.97. The fourth-order valence-electron chi connectivity index (χ4n) is 2.22. The predicted molar refractivity (Wildman–Crippen MR) is 95.6 cm³/mol. The maximum Gasteiger partial charge on any atom is 0.125 e. The molecule has 0 fully saturated rings. The van der Waals surface area contributed by atoms with Gasteiger partial charge in [0.2, 0.25) is 0 Å². The van der Waals surface area contributed by atoms with Crippen molar-refractivity contribution in [3.63, 3.8) is 0 Å². The summed E-state index contributed by atoms with van der Waals surface area (Å²) in [4.78, 5) is 0. The molecule has 3 heteroatoms. The molecule has 0 saturated heterocycles.